The Bertz CT molecular complexity index is 671. The lowest BCUT2D eigenvalue weighted by atomic mass is 9.76. The minimum absolute atomic E-state index is 0.00768. The summed E-state index contributed by atoms with van der Waals surface area (Å²) < 4.78 is 0. The van der Waals surface area contributed by atoms with E-state index in [1.807, 2.05) is 11.0 Å². The molecule has 4 heteroatoms. The van der Waals surface area contributed by atoms with E-state index >= 15 is 0 Å². The summed E-state index contributed by atoms with van der Waals surface area (Å²) in [6.07, 6.45) is 3.69. The fourth-order valence-electron chi connectivity index (χ4n) is 3.25. The molecule has 1 fully saturated rings. The molecule has 0 spiro atoms. The van der Waals surface area contributed by atoms with E-state index in [9.17, 15) is 4.79 Å². The second-order valence-corrected chi connectivity index (χ2v) is 6.23. The van der Waals surface area contributed by atoms with Crippen molar-refractivity contribution in [2.24, 2.45) is 0 Å². The Labute approximate surface area is 131 Å². The van der Waals surface area contributed by atoms with Crippen molar-refractivity contribution < 1.29 is 4.79 Å². The van der Waals surface area contributed by atoms with Crippen molar-refractivity contribution >= 4 is 11.7 Å². The highest BCUT2D eigenvalue weighted by Crippen LogP contribution is 2.34. The van der Waals surface area contributed by atoms with Gasteiger partial charge in [-0.2, -0.15) is 0 Å². The summed E-state index contributed by atoms with van der Waals surface area (Å²) in [5.41, 5.74) is 7.60. The standard InChI is InChI=1S/C18H21N3O/c1-18(15-6-3-2-4-7-15)9-5-11-21(13-18)17(22)14-8-10-20-16(19)12-14/h2-4,6-8,10,12H,5,9,11,13H2,1H3,(H2,19,20)/t18-/m0/s1. The summed E-state index contributed by atoms with van der Waals surface area (Å²) in [6, 6.07) is 13.8. The van der Waals surface area contributed by atoms with Crippen LogP contribution in [0.25, 0.3) is 0 Å². The first-order valence-corrected chi connectivity index (χ1v) is 7.65. The van der Waals surface area contributed by atoms with Crippen LogP contribution in [0, 0.1) is 0 Å². The van der Waals surface area contributed by atoms with Crippen LogP contribution in [0.5, 0.6) is 0 Å². The smallest absolute Gasteiger partial charge is 0.254 e. The van der Waals surface area contributed by atoms with E-state index in [-0.39, 0.29) is 11.3 Å². The molecular formula is C18H21N3O. The van der Waals surface area contributed by atoms with E-state index < -0.39 is 0 Å². The van der Waals surface area contributed by atoms with Crippen LogP contribution in [0.3, 0.4) is 0 Å². The van der Waals surface area contributed by atoms with Crippen molar-refractivity contribution in [2.75, 3.05) is 18.8 Å². The summed E-state index contributed by atoms with van der Waals surface area (Å²) in [4.78, 5) is 18.6. The molecule has 114 valence electrons. The monoisotopic (exact) mass is 295 g/mol. The average Bonchev–Trinajstić information content (AvgIpc) is 2.55. The molecule has 0 unspecified atom stereocenters. The molecule has 22 heavy (non-hydrogen) atoms. The van der Waals surface area contributed by atoms with Crippen molar-refractivity contribution in [1.29, 1.82) is 0 Å². The number of hydrogen-bond acceptors (Lipinski definition) is 3. The molecule has 0 saturated carbocycles. The van der Waals surface area contributed by atoms with Gasteiger partial charge in [0, 0.05) is 30.3 Å². The highest BCUT2D eigenvalue weighted by atomic mass is 16.2. The predicted octanol–water partition coefficient (Wildman–Crippen LogP) is 2.86. The van der Waals surface area contributed by atoms with Gasteiger partial charge in [0.05, 0.1) is 0 Å². The first kappa shape index (κ1) is 14.6. The maximum Gasteiger partial charge on any atom is 0.254 e. The zero-order valence-corrected chi connectivity index (χ0v) is 12.8. The number of rotatable bonds is 2. The molecule has 2 N–H and O–H groups in total. The van der Waals surface area contributed by atoms with Crippen molar-refractivity contribution in [3.05, 3.63) is 59.8 Å². The van der Waals surface area contributed by atoms with Gasteiger partial charge < -0.3 is 10.6 Å². The third kappa shape index (κ3) is 2.82. The topological polar surface area (TPSA) is 59.2 Å². The number of carbonyl (C=O) groups is 1. The maximum absolute atomic E-state index is 12.7. The SMILES string of the molecule is C[C@]1(c2ccccc2)CCCN(C(=O)c2ccnc(N)c2)C1. The molecule has 1 amide bonds. The number of anilines is 1. The zero-order chi connectivity index (χ0) is 15.6. The van der Waals surface area contributed by atoms with Gasteiger partial charge in [-0.05, 0) is 30.5 Å². The fraction of sp³-hybridized carbons (Fsp3) is 0.333. The molecule has 3 rings (SSSR count). The van der Waals surface area contributed by atoms with E-state index in [1.54, 1.807) is 18.3 Å². The summed E-state index contributed by atoms with van der Waals surface area (Å²) >= 11 is 0. The summed E-state index contributed by atoms with van der Waals surface area (Å²) in [7, 11) is 0. The minimum atomic E-state index is 0.00768. The number of nitrogens with two attached hydrogens (primary N) is 1. The second-order valence-electron chi connectivity index (χ2n) is 6.23. The van der Waals surface area contributed by atoms with Crippen molar-refractivity contribution in [3.63, 3.8) is 0 Å². The number of nitrogen functional groups attached to an aromatic ring is 1. The maximum atomic E-state index is 12.7. The van der Waals surface area contributed by atoms with Gasteiger partial charge in [-0.15, -0.1) is 0 Å². The van der Waals surface area contributed by atoms with Crippen LogP contribution in [0.1, 0.15) is 35.7 Å². The highest BCUT2D eigenvalue weighted by Gasteiger charge is 2.34. The van der Waals surface area contributed by atoms with E-state index in [2.05, 4.69) is 36.2 Å². The number of aromatic nitrogens is 1. The second kappa shape index (κ2) is 5.79. The third-order valence-corrected chi connectivity index (χ3v) is 4.48. The van der Waals surface area contributed by atoms with Crippen LogP contribution >= 0.6 is 0 Å². The summed E-state index contributed by atoms with van der Waals surface area (Å²) in [5.74, 6) is 0.421. The summed E-state index contributed by atoms with van der Waals surface area (Å²) in [5, 5.41) is 0. The molecule has 1 aromatic carbocycles. The average molecular weight is 295 g/mol. The van der Waals surface area contributed by atoms with Crippen LogP contribution in [0.4, 0.5) is 5.82 Å². The van der Waals surface area contributed by atoms with Gasteiger partial charge in [0.1, 0.15) is 5.82 Å². The van der Waals surface area contributed by atoms with Crippen LogP contribution in [0.15, 0.2) is 48.7 Å². The molecule has 4 nitrogen and oxygen atoms in total. The molecule has 1 aromatic heterocycles. The van der Waals surface area contributed by atoms with Gasteiger partial charge in [0.15, 0.2) is 0 Å². The van der Waals surface area contributed by atoms with E-state index in [1.165, 1.54) is 5.56 Å². The van der Waals surface area contributed by atoms with E-state index in [4.69, 9.17) is 5.73 Å². The van der Waals surface area contributed by atoms with E-state index in [0.29, 0.717) is 11.4 Å². The van der Waals surface area contributed by atoms with Gasteiger partial charge >= 0.3 is 0 Å². The van der Waals surface area contributed by atoms with Gasteiger partial charge in [-0.1, -0.05) is 37.3 Å². The number of pyridine rings is 1. The van der Waals surface area contributed by atoms with Gasteiger partial charge in [0.2, 0.25) is 0 Å². The normalized spacial score (nSPS) is 21.6. The Morgan fingerprint density at radius 3 is 2.77 bits per heavy atom. The largest absolute Gasteiger partial charge is 0.384 e. The quantitative estimate of drug-likeness (QED) is 0.926. The van der Waals surface area contributed by atoms with Gasteiger partial charge in [-0.3, -0.25) is 4.79 Å². The third-order valence-electron chi connectivity index (χ3n) is 4.48. The van der Waals surface area contributed by atoms with Crippen LogP contribution in [-0.2, 0) is 5.41 Å². The van der Waals surface area contributed by atoms with Crippen LogP contribution < -0.4 is 5.73 Å². The molecule has 0 bridgehead atoms. The Morgan fingerprint density at radius 2 is 2.05 bits per heavy atom. The van der Waals surface area contributed by atoms with Crippen LogP contribution in [0.2, 0.25) is 0 Å². The fourth-order valence-corrected chi connectivity index (χ4v) is 3.25. The molecular weight excluding hydrogens is 274 g/mol. The number of piperidine rings is 1. The first-order valence-electron chi connectivity index (χ1n) is 7.65. The molecule has 2 aromatic rings. The van der Waals surface area contributed by atoms with Crippen LogP contribution in [-0.4, -0.2) is 28.9 Å². The molecule has 0 aliphatic carbocycles. The molecule has 1 aliphatic heterocycles. The molecule has 1 atom stereocenters. The molecule has 1 aliphatic rings. The van der Waals surface area contributed by atoms with Crippen molar-refractivity contribution in [1.82, 2.24) is 9.88 Å². The lowest BCUT2D eigenvalue weighted by Crippen LogP contribution is -2.47. The number of carbonyl (C=O) groups excluding carboxylic acids is 1. The molecule has 2 heterocycles. The number of amides is 1. The lowest BCUT2D eigenvalue weighted by molar-refractivity contribution is 0.0651. The minimum Gasteiger partial charge on any atom is -0.384 e. The number of hydrogen-bond donors (Lipinski definition) is 1. The number of likely N-dealkylation sites (tertiary alicyclic amines) is 1. The first-order chi connectivity index (χ1) is 10.6. The van der Waals surface area contributed by atoms with Crippen molar-refractivity contribution in [3.8, 4) is 0 Å². The number of nitrogens with zero attached hydrogens (tertiary/aromatic N) is 2. The molecule has 0 radical (unpaired) electrons. The van der Waals surface area contributed by atoms with Gasteiger partial charge in [-0.25, -0.2) is 4.98 Å². The Balaban J connectivity index is 1.83. The Hall–Kier alpha value is -2.36. The zero-order valence-electron chi connectivity index (χ0n) is 12.8. The molecule has 1 saturated heterocycles. The van der Waals surface area contributed by atoms with Gasteiger partial charge in [0.25, 0.3) is 5.91 Å². The Morgan fingerprint density at radius 1 is 1.27 bits per heavy atom. The van der Waals surface area contributed by atoms with E-state index in [0.717, 1.165) is 25.9 Å². The highest BCUT2D eigenvalue weighted by molar-refractivity contribution is 5.94. The summed E-state index contributed by atoms with van der Waals surface area (Å²) in [6.45, 7) is 3.77. The Kier molecular flexibility index (Phi) is 3.84. The predicted molar refractivity (Wildman–Crippen MR) is 87.6 cm³/mol. The lowest BCUT2D eigenvalue weighted by Gasteiger charge is -2.41. The van der Waals surface area contributed by atoms with Crippen molar-refractivity contribution in [2.45, 2.75) is 25.2 Å². The number of benzene rings is 1.